The molecule has 1 heterocycles. The Morgan fingerprint density at radius 1 is 1.03 bits per heavy atom. The lowest BCUT2D eigenvalue weighted by atomic mass is 9.79. The molecule has 0 unspecified atom stereocenters. The minimum absolute atomic E-state index is 0.414. The summed E-state index contributed by atoms with van der Waals surface area (Å²) in [6.45, 7) is 6.97. The third kappa shape index (κ3) is 6.95. The molecule has 0 aliphatic heterocycles. The third-order valence-corrected chi connectivity index (χ3v) is 6.31. The first kappa shape index (κ1) is 25.0. The van der Waals surface area contributed by atoms with Gasteiger partial charge in [-0.25, -0.2) is 4.98 Å². The lowest BCUT2D eigenvalue weighted by Gasteiger charge is -2.26. The maximum Gasteiger partial charge on any atom is 0.309 e. The first-order valence-corrected chi connectivity index (χ1v) is 11.8. The number of carboxylic acids is 1. The van der Waals surface area contributed by atoms with E-state index in [0.29, 0.717) is 32.4 Å². The van der Waals surface area contributed by atoms with Crippen molar-refractivity contribution in [2.24, 2.45) is 5.41 Å². The van der Waals surface area contributed by atoms with E-state index in [9.17, 15) is 9.90 Å². The molecule has 34 heavy (non-hydrogen) atoms. The van der Waals surface area contributed by atoms with Crippen LogP contribution in [0.4, 0.5) is 5.69 Å². The molecule has 5 nitrogen and oxygen atoms in total. The van der Waals surface area contributed by atoms with Crippen molar-refractivity contribution in [2.45, 2.75) is 46.6 Å². The SMILES string of the molecule is CCC(CC)(CCNc1cccc(C=Cc2cccc(COc3ccc(C)cc3)n2)c1)C(=O)O. The Morgan fingerprint density at radius 2 is 1.76 bits per heavy atom. The number of nitrogens with zero attached hydrogens (tertiary/aromatic N) is 1. The Balaban J connectivity index is 1.58. The maximum atomic E-state index is 11.7. The predicted molar refractivity (Wildman–Crippen MR) is 139 cm³/mol. The summed E-state index contributed by atoms with van der Waals surface area (Å²) in [5, 5.41) is 13.0. The van der Waals surface area contributed by atoms with Crippen molar-refractivity contribution in [2.75, 3.05) is 11.9 Å². The van der Waals surface area contributed by atoms with Crippen LogP contribution in [0.5, 0.6) is 5.75 Å². The van der Waals surface area contributed by atoms with Gasteiger partial charge in [-0.2, -0.15) is 0 Å². The van der Waals surface area contributed by atoms with Gasteiger partial charge in [-0.05, 0) is 74.2 Å². The number of hydrogen-bond donors (Lipinski definition) is 2. The molecule has 0 amide bonds. The fraction of sp³-hybridized carbons (Fsp3) is 0.310. The molecule has 0 fully saturated rings. The minimum atomic E-state index is -0.713. The largest absolute Gasteiger partial charge is 0.487 e. The van der Waals surface area contributed by atoms with Crippen LogP contribution in [0, 0.1) is 12.3 Å². The molecular formula is C29H34N2O3. The minimum Gasteiger partial charge on any atom is -0.487 e. The lowest BCUT2D eigenvalue weighted by Crippen LogP contribution is -2.31. The van der Waals surface area contributed by atoms with Gasteiger partial charge in [-0.15, -0.1) is 0 Å². The van der Waals surface area contributed by atoms with E-state index in [-0.39, 0.29) is 0 Å². The van der Waals surface area contributed by atoms with E-state index in [1.807, 2.05) is 86.7 Å². The van der Waals surface area contributed by atoms with Crippen molar-refractivity contribution in [1.29, 1.82) is 0 Å². The summed E-state index contributed by atoms with van der Waals surface area (Å²) in [6, 6.07) is 22.0. The average molecular weight is 459 g/mol. The van der Waals surface area contributed by atoms with E-state index in [0.717, 1.165) is 28.4 Å². The van der Waals surface area contributed by atoms with Crippen LogP contribution in [-0.4, -0.2) is 22.6 Å². The number of pyridine rings is 1. The molecule has 3 aromatic rings. The van der Waals surface area contributed by atoms with E-state index in [4.69, 9.17) is 4.74 Å². The molecule has 0 spiro atoms. The number of carbonyl (C=O) groups is 1. The molecule has 0 bridgehead atoms. The Bertz CT molecular complexity index is 1100. The summed E-state index contributed by atoms with van der Waals surface area (Å²) >= 11 is 0. The van der Waals surface area contributed by atoms with Crippen LogP contribution in [-0.2, 0) is 11.4 Å². The van der Waals surface area contributed by atoms with Crippen LogP contribution in [0.15, 0.2) is 66.7 Å². The van der Waals surface area contributed by atoms with E-state index >= 15 is 0 Å². The van der Waals surface area contributed by atoms with Crippen LogP contribution in [0.1, 0.15) is 55.6 Å². The highest BCUT2D eigenvalue weighted by Crippen LogP contribution is 2.31. The molecule has 0 aliphatic carbocycles. The van der Waals surface area contributed by atoms with Gasteiger partial charge >= 0.3 is 5.97 Å². The summed E-state index contributed by atoms with van der Waals surface area (Å²) in [5.74, 6) is 0.117. The summed E-state index contributed by atoms with van der Waals surface area (Å²) in [7, 11) is 0. The molecule has 0 atom stereocenters. The third-order valence-electron chi connectivity index (χ3n) is 6.31. The predicted octanol–water partition coefficient (Wildman–Crippen LogP) is 6.83. The van der Waals surface area contributed by atoms with Gasteiger partial charge in [-0.1, -0.05) is 55.8 Å². The van der Waals surface area contributed by atoms with Crippen molar-refractivity contribution < 1.29 is 14.6 Å². The molecule has 2 aromatic carbocycles. The van der Waals surface area contributed by atoms with E-state index in [1.54, 1.807) is 0 Å². The van der Waals surface area contributed by atoms with Crippen molar-refractivity contribution in [1.82, 2.24) is 4.98 Å². The molecule has 0 saturated carbocycles. The van der Waals surface area contributed by atoms with Crippen molar-refractivity contribution in [3.05, 3.63) is 89.2 Å². The molecule has 0 radical (unpaired) electrons. The highest BCUT2D eigenvalue weighted by molar-refractivity contribution is 5.74. The Morgan fingerprint density at radius 3 is 2.47 bits per heavy atom. The quantitative estimate of drug-likeness (QED) is 0.311. The van der Waals surface area contributed by atoms with Gasteiger partial charge in [0.1, 0.15) is 12.4 Å². The second-order valence-electron chi connectivity index (χ2n) is 8.58. The van der Waals surface area contributed by atoms with Gasteiger partial charge in [0.25, 0.3) is 0 Å². The zero-order valence-electron chi connectivity index (χ0n) is 20.3. The molecule has 0 aliphatic rings. The van der Waals surface area contributed by atoms with Crippen molar-refractivity contribution >= 4 is 23.8 Å². The number of ether oxygens (including phenoxy) is 1. The number of carboxylic acid groups (broad SMARTS) is 1. The number of aromatic nitrogens is 1. The molecule has 3 rings (SSSR count). The average Bonchev–Trinajstić information content (AvgIpc) is 2.85. The van der Waals surface area contributed by atoms with Crippen LogP contribution < -0.4 is 10.1 Å². The number of hydrogen-bond acceptors (Lipinski definition) is 4. The number of rotatable bonds is 12. The highest BCUT2D eigenvalue weighted by Gasteiger charge is 2.34. The monoisotopic (exact) mass is 458 g/mol. The van der Waals surface area contributed by atoms with Crippen molar-refractivity contribution in [3.63, 3.8) is 0 Å². The number of benzene rings is 2. The zero-order valence-corrected chi connectivity index (χ0v) is 20.3. The molecule has 2 N–H and O–H groups in total. The van der Waals surface area contributed by atoms with Crippen LogP contribution in [0.25, 0.3) is 12.2 Å². The second kappa shape index (κ2) is 12.0. The zero-order chi connectivity index (χ0) is 24.4. The van der Waals surface area contributed by atoms with Crippen LogP contribution >= 0.6 is 0 Å². The molecule has 1 aromatic heterocycles. The second-order valence-corrected chi connectivity index (χ2v) is 8.58. The number of aryl methyl sites for hydroxylation is 1. The lowest BCUT2D eigenvalue weighted by molar-refractivity contribution is -0.149. The van der Waals surface area contributed by atoms with Crippen molar-refractivity contribution in [3.8, 4) is 5.75 Å². The standard InChI is InChI=1S/C29H34N2O3/c1-4-29(5-2,28(32)33)18-19-30-25-10-6-8-23(20-25)14-15-24-9-7-11-26(31-24)21-34-27-16-12-22(3)13-17-27/h6-17,20,30H,4-5,18-19,21H2,1-3H3,(H,32,33). The normalized spacial score (nSPS) is 11.5. The van der Waals surface area contributed by atoms with Crippen LogP contribution in [0.3, 0.4) is 0 Å². The summed E-state index contributed by atoms with van der Waals surface area (Å²) in [4.78, 5) is 16.4. The van der Waals surface area contributed by atoms with Gasteiger partial charge < -0.3 is 15.2 Å². The molecular weight excluding hydrogens is 424 g/mol. The van der Waals surface area contributed by atoms with E-state index in [1.165, 1.54) is 5.56 Å². The fourth-order valence-corrected chi connectivity index (χ4v) is 3.86. The van der Waals surface area contributed by atoms with Crippen LogP contribution in [0.2, 0.25) is 0 Å². The van der Waals surface area contributed by atoms with Gasteiger partial charge in [0, 0.05) is 12.2 Å². The van der Waals surface area contributed by atoms with Gasteiger partial charge in [-0.3, -0.25) is 4.79 Å². The maximum absolute atomic E-state index is 11.7. The van der Waals surface area contributed by atoms with E-state index < -0.39 is 11.4 Å². The number of aliphatic carboxylic acids is 1. The number of nitrogens with one attached hydrogen (secondary N) is 1. The summed E-state index contributed by atoms with van der Waals surface area (Å²) in [6.07, 6.45) is 5.86. The number of anilines is 1. The molecule has 178 valence electrons. The van der Waals surface area contributed by atoms with Gasteiger partial charge in [0.15, 0.2) is 0 Å². The summed E-state index contributed by atoms with van der Waals surface area (Å²) in [5.41, 5.74) is 4.29. The first-order valence-electron chi connectivity index (χ1n) is 11.8. The fourth-order valence-electron chi connectivity index (χ4n) is 3.86. The first-order chi connectivity index (χ1) is 16.4. The highest BCUT2D eigenvalue weighted by atomic mass is 16.5. The Hall–Kier alpha value is -3.60. The topological polar surface area (TPSA) is 71.5 Å². The molecule has 5 heteroatoms. The Labute approximate surface area is 202 Å². The smallest absolute Gasteiger partial charge is 0.309 e. The van der Waals surface area contributed by atoms with E-state index in [2.05, 4.69) is 23.3 Å². The summed E-state index contributed by atoms with van der Waals surface area (Å²) < 4.78 is 5.84. The molecule has 0 saturated heterocycles. The van der Waals surface area contributed by atoms with Gasteiger partial charge in [0.2, 0.25) is 0 Å². The Kier molecular flexibility index (Phi) is 8.86. The van der Waals surface area contributed by atoms with Gasteiger partial charge in [0.05, 0.1) is 16.8 Å².